The Morgan fingerprint density at radius 3 is 2.60 bits per heavy atom. The molecule has 1 heterocycles. The maximum atomic E-state index is 6.08. The van der Waals surface area contributed by atoms with Crippen molar-refractivity contribution in [2.75, 3.05) is 0 Å². The Bertz CT molecular complexity index is 414. The molecule has 0 radical (unpaired) electrons. The summed E-state index contributed by atoms with van der Waals surface area (Å²) in [6.07, 6.45) is 0. The molecule has 1 aromatic carbocycles. The first-order valence-corrected chi connectivity index (χ1v) is 5.57. The fourth-order valence-electron chi connectivity index (χ4n) is 1.33. The lowest BCUT2D eigenvalue weighted by atomic mass is 10.1. The Balaban J connectivity index is 0.00000112. The number of halogens is 2. The molecule has 0 saturated carbocycles. The second-order valence-corrected chi connectivity index (χ2v) is 4.46. The van der Waals surface area contributed by atoms with Crippen molar-refractivity contribution in [1.29, 1.82) is 0 Å². The van der Waals surface area contributed by atoms with Crippen molar-refractivity contribution in [2.45, 2.75) is 6.04 Å². The molecule has 2 aromatic rings. The molecule has 0 aliphatic heterocycles. The smallest absolute Gasteiger partial charge is 0.0646 e. The zero-order valence-electron chi connectivity index (χ0n) is 7.89. The monoisotopic (exact) mass is 259 g/mol. The summed E-state index contributed by atoms with van der Waals surface area (Å²) in [6, 6.07) is 11.7. The molecule has 0 unspecified atom stereocenters. The van der Waals surface area contributed by atoms with Crippen LogP contribution in [0.15, 0.2) is 41.8 Å². The van der Waals surface area contributed by atoms with Gasteiger partial charge in [0, 0.05) is 9.90 Å². The quantitative estimate of drug-likeness (QED) is 0.871. The van der Waals surface area contributed by atoms with E-state index < -0.39 is 0 Å². The van der Waals surface area contributed by atoms with Crippen LogP contribution in [0.4, 0.5) is 0 Å². The molecule has 0 aliphatic carbocycles. The number of thiophene rings is 1. The summed E-state index contributed by atoms with van der Waals surface area (Å²) in [7, 11) is 0. The molecule has 1 atom stereocenters. The van der Waals surface area contributed by atoms with Crippen LogP contribution in [-0.2, 0) is 0 Å². The third kappa shape index (κ3) is 2.95. The number of hydrogen-bond acceptors (Lipinski definition) is 2. The summed E-state index contributed by atoms with van der Waals surface area (Å²) in [5, 5.41) is 2.76. The van der Waals surface area contributed by atoms with Crippen molar-refractivity contribution in [3.8, 4) is 0 Å². The molecule has 0 saturated heterocycles. The Hall–Kier alpha value is -0.540. The van der Waals surface area contributed by atoms with Crippen molar-refractivity contribution >= 4 is 35.3 Å². The van der Waals surface area contributed by atoms with E-state index in [1.54, 1.807) is 11.3 Å². The average Bonchev–Trinajstić information content (AvgIpc) is 2.69. The minimum absolute atomic E-state index is 0. The van der Waals surface area contributed by atoms with Gasteiger partial charge in [0.1, 0.15) is 0 Å². The van der Waals surface area contributed by atoms with E-state index in [4.69, 9.17) is 17.3 Å². The molecule has 80 valence electrons. The highest BCUT2D eigenvalue weighted by molar-refractivity contribution is 7.10. The zero-order valence-corrected chi connectivity index (χ0v) is 10.3. The number of rotatable bonds is 2. The lowest BCUT2D eigenvalue weighted by molar-refractivity contribution is 0.894. The summed E-state index contributed by atoms with van der Waals surface area (Å²) in [5.41, 5.74) is 7.14. The molecule has 1 aromatic heterocycles. The molecule has 4 heteroatoms. The summed E-state index contributed by atoms with van der Waals surface area (Å²) >= 11 is 7.56. The van der Waals surface area contributed by atoms with Crippen molar-refractivity contribution < 1.29 is 0 Å². The number of nitrogens with two attached hydrogens (primary N) is 1. The van der Waals surface area contributed by atoms with Crippen LogP contribution in [0.5, 0.6) is 0 Å². The molecule has 2 rings (SSSR count). The number of benzene rings is 1. The van der Waals surface area contributed by atoms with E-state index in [9.17, 15) is 0 Å². The third-order valence-corrected chi connectivity index (χ3v) is 3.25. The predicted molar refractivity (Wildman–Crippen MR) is 69.0 cm³/mol. The Kier molecular flexibility index (Phi) is 4.61. The first-order valence-electron chi connectivity index (χ1n) is 4.32. The van der Waals surface area contributed by atoms with Crippen molar-refractivity contribution in [3.05, 3.63) is 57.2 Å². The maximum Gasteiger partial charge on any atom is 0.0646 e. The van der Waals surface area contributed by atoms with Crippen LogP contribution in [0.1, 0.15) is 16.5 Å². The molecule has 1 nitrogen and oxygen atoms in total. The van der Waals surface area contributed by atoms with E-state index in [-0.39, 0.29) is 18.4 Å². The molecule has 15 heavy (non-hydrogen) atoms. The Labute approximate surface area is 104 Å². The van der Waals surface area contributed by atoms with E-state index in [2.05, 4.69) is 0 Å². The van der Waals surface area contributed by atoms with Gasteiger partial charge in [0.2, 0.25) is 0 Å². The normalized spacial score (nSPS) is 11.9. The molecular formula is C11H11Cl2NS. The second-order valence-electron chi connectivity index (χ2n) is 3.05. The predicted octanol–water partition coefficient (Wildman–Crippen LogP) is 3.87. The first kappa shape index (κ1) is 12.5. The Morgan fingerprint density at radius 1 is 1.20 bits per heavy atom. The lowest BCUT2D eigenvalue weighted by Gasteiger charge is -2.09. The summed E-state index contributed by atoms with van der Waals surface area (Å²) < 4.78 is 0. The molecule has 0 amide bonds. The van der Waals surface area contributed by atoms with Gasteiger partial charge in [0.15, 0.2) is 0 Å². The largest absolute Gasteiger partial charge is 0.320 e. The molecule has 2 N–H and O–H groups in total. The van der Waals surface area contributed by atoms with Gasteiger partial charge in [0.25, 0.3) is 0 Å². The van der Waals surface area contributed by atoms with Crippen LogP contribution in [0.2, 0.25) is 5.02 Å². The molecule has 0 aliphatic rings. The van der Waals surface area contributed by atoms with Gasteiger partial charge in [-0.2, -0.15) is 0 Å². The fraction of sp³-hybridized carbons (Fsp3) is 0.0909. The van der Waals surface area contributed by atoms with Crippen LogP contribution in [-0.4, -0.2) is 0 Å². The van der Waals surface area contributed by atoms with Gasteiger partial charge in [-0.05, 0) is 29.1 Å². The van der Waals surface area contributed by atoms with Crippen LogP contribution >= 0.6 is 35.3 Å². The summed E-state index contributed by atoms with van der Waals surface area (Å²) in [5.74, 6) is 0. The van der Waals surface area contributed by atoms with Crippen molar-refractivity contribution in [1.82, 2.24) is 0 Å². The van der Waals surface area contributed by atoms with E-state index in [1.165, 1.54) is 0 Å². The summed E-state index contributed by atoms with van der Waals surface area (Å²) in [4.78, 5) is 1.16. The third-order valence-electron chi connectivity index (χ3n) is 2.06. The topological polar surface area (TPSA) is 26.0 Å². The van der Waals surface area contributed by atoms with Gasteiger partial charge >= 0.3 is 0 Å². The summed E-state index contributed by atoms with van der Waals surface area (Å²) in [6.45, 7) is 0. The SMILES string of the molecule is Cl.N[C@@H](c1cccc(Cl)c1)c1cccs1. The lowest BCUT2D eigenvalue weighted by Crippen LogP contribution is -2.09. The minimum atomic E-state index is -0.0614. The average molecular weight is 260 g/mol. The first-order chi connectivity index (χ1) is 6.77. The van der Waals surface area contributed by atoms with Crippen molar-refractivity contribution in [3.63, 3.8) is 0 Å². The highest BCUT2D eigenvalue weighted by atomic mass is 35.5. The van der Waals surface area contributed by atoms with Gasteiger partial charge < -0.3 is 5.73 Å². The van der Waals surface area contributed by atoms with Gasteiger partial charge in [-0.1, -0.05) is 29.8 Å². The van der Waals surface area contributed by atoms with E-state index in [1.807, 2.05) is 41.8 Å². The molecule has 0 bridgehead atoms. The Morgan fingerprint density at radius 2 is 2.00 bits per heavy atom. The van der Waals surface area contributed by atoms with Gasteiger partial charge in [-0.25, -0.2) is 0 Å². The van der Waals surface area contributed by atoms with Gasteiger partial charge in [-0.15, -0.1) is 23.7 Å². The molecule has 0 fully saturated rings. The molecular weight excluding hydrogens is 249 g/mol. The van der Waals surface area contributed by atoms with E-state index in [0.29, 0.717) is 0 Å². The highest BCUT2D eigenvalue weighted by Crippen LogP contribution is 2.25. The van der Waals surface area contributed by atoms with E-state index in [0.717, 1.165) is 15.5 Å². The maximum absolute atomic E-state index is 6.08. The van der Waals surface area contributed by atoms with Gasteiger partial charge in [-0.3, -0.25) is 0 Å². The second kappa shape index (κ2) is 5.52. The van der Waals surface area contributed by atoms with Crippen LogP contribution in [0, 0.1) is 0 Å². The van der Waals surface area contributed by atoms with Gasteiger partial charge in [0.05, 0.1) is 6.04 Å². The van der Waals surface area contributed by atoms with Crippen LogP contribution in [0.25, 0.3) is 0 Å². The highest BCUT2D eigenvalue weighted by Gasteiger charge is 2.09. The van der Waals surface area contributed by atoms with Crippen LogP contribution < -0.4 is 5.73 Å². The number of hydrogen-bond donors (Lipinski definition) is 1. The zero-order chi connectivity index (χ0) is 9.97. The minimum Gasteiger partial charge on any atom is -0.320 e. The molecule has 0 spiro atoms. The fourth-order valence-corrected chi connectivity index (χ4v) is 2.29. The van der Waals surface area contributed by atoms with Crippen LogP contribution in [0.3, 0.4) is 0 Å². The standard InChI is InChI=1S/C11H10ClNS.ClH/c12-9-4-1-3-8(7-9)11(13)10-5-2-6-14-10;/h1-7,11H,13H2;1H/t11-;/m0./s1. The van der Waals surface area contributed by atoms with E-state index >= 15 is 0 Å². The van der Waals surface area contributed by atoms with Crippen molar-refractivity contribution in [2.24, 2.45) is 5.73 Å².